The number of carbonyl (C=O) groups excluding carboxylic acids is 1. The van der Waals surface area contributed by atoms with Crippen LogP contribution < -0.4 is 10.6 Å². The molecule has 144 valence electrons. The minimum Gasteiger partial charge on any atom is -0.332 e. The van der Waals surface area contributed by atoms with E-state index in [0.717, 1.165) is 28.4 Å². The average Bonchev–Trinajstić information content (AvgIpc) is 2.67. The summed E-state index contributed by atoms with van der Waals surface area (Å²) in [7, 11) is 0. The largest absolute Gasteiger partial charge is 0.332 e. The van der Waals surface area contributed by atoms with Gasteiger partial charge in [-0.25, -0.2) is 0 Å². The molecule has 0 saturated carbocycles. The number of hydrogen-bond donors (Lipinski definition) is 2. The standard InChI is InChI=1S/C24H26N2OS/c1-16(2)14-18-8-10-19(11-9-18)17(3)23(27)26-24(28)25-22-13-12-20-6-4-5-7-21(20)15-22/h4-13,15-17H,14H2,1-3H3,(H2,25,26,27,28). The van der Waals surface area contributed by atoms with Gasteiger partial charge in [0.25, 0.3) is 0 Å². The lowest BCUT2D eigenvalue weighted by Gasteiger charge is -2.15. The molecule has 1 unspecified atom stereocenters. The molecule has 0 fully saturated rings. The molecule has 0 aliphatic carbocycles. The second kappa shape index (κ2) is 8.98. The van der Waals surface area contributed by atoms with Gasteiger partial charge in [0.15, 0.2) is 5.11 Å². The maximum absolute atomic E-state index is 12.6. The molecule has 3 rings (SSSR count). The SMILES string of the molecule is CC(C)Cc1ccc(C(C)C(=O)NC(=S)Nc2ccc3ccccc3c2)cc1. The van der Waals surface area contributed by atoms with Crippen molar-refractivity contribution in [1.82, 2.24) is 5.32 Å². The van der Waals surface area contributed by atoms with Gasteiger partial charge in [0.05, 0.1) is 5.92 Å². The zero-order chi connectivity index (χ0) is 20.1. The predicted octanol–water partition coefficient (Wildman–Crippen LogP) is 5.66. The fourth-order valence-corrected chi connectivity index (χ4v) is 3.43. The molecule has 0 aliphatic heterocycles. The normalized spacial score (nSPS) is 12.0. The first-order chi connectivity index (χ1) is 13.4. The van der Waals surface area contributed by atoms with Crippen molar-refractivity contribution in [2.45, 2.75) is 33.1 Å². The number of anilines is 1. The Kier molecular flexibility index (Phi) is 6.42. The molecule has 0 aliphatic rings. The molecular weight excluding hydrogens is 364 g/mol. The summed E-state index contributed by atoms with van der Waals surface area (Å²) in [4.78, 5) is 12.6. The lowest BCUT2D eigenvalue weighted by atomic mass is 9.96. The monoisotopic (exact) mass is 390 g/mol. The first-order valence-electron chi connectivity index (χ1n) is 9.62. The summed E-state index contributed by atoms with van der Waals surface area (Å²) in [6.45, 7) is 6.30. The summed E-state index contributed by atoms with van der Waals surface area (Å²) in [5, 5.41) is 8.50. The number of fused-ring (bicyclic) bond motifs is 1. The van der Waals surface area contributed by atoms with E-state index in [2.05, 4.69) is 42.7 Å². The Labute approximate surface area is 172 Å². The zero-order valence-electron chi connectivity index (χ0n) is 16.5. The van der Waals surface area contributed by atoms with Crippen LogP contribution in [0.4, 0.5) is 5.69 Å². The highest BCUT2D eigenvalue weighted by atomic mass is 32.1. The first kappa shape index (κ1) is 20.0. The van der Waals surface area contributed by atoms with Gasteiger partial charge in [-0.2, -0.15) is 0 Å². The zero-order valence-corrected chi connectivity index (χ0v) is 17.3. The maximum atomic E-state index is 12.6. The van der Waals surface area contributed by atoms with Gasteiger partial charge < -0.3 is 10.6 Å². The Morgan fingerprint density at radius 2 is 1.61 bits per heavy atom. The van der Waals surface area contributed by atoms with Crippen LogP contribution in [0, 0.1) is 5.92 Å². The van der Waals surface area contributed by atoms with Crippen LogP contribution in [0.2, 0.25) is 0 Å². The maximum Gasteiger partial charge on any atom is 0.233 e. The molecule has 28 heavy (non-hydrogen) atoms. The van der Waals surface area contributed by atoms with Crippen molar-refractivity contribution in [3.05, 3.63) is 77.9 Å². The molecular formula is C24H26N2OS. The van der Waals surface area contributed by atoms with Crippen molar-refractivity contribution in [3.8, 4) is 0 Å². The number of carbonyl (C=O) groups is 1. The van der Waals surface area contributed by atoms with Crippen molar-refractivity contribution in [2.24, 2.45) is 5.92 Å². The lowest BCUT2D eigenvalue weighted by molar-refractivity contribution is -0.120. The van der Waals surface area contributed by atoms with Gasteiger partial charge in [-0.1, -0.05) is 68.4 Å². The van der Waals surface area contributed by atoms with E-state index in [1.165, 1.54) is 5.56 Å². The number of amides is 1. The van der Waals surface area contributed by atoms with Crippen LogP contribution in [-0.2, 0) is 11.2 Å². The molecule has 1 amide bonds. The van der Waals surface area contributed by atoms with Gasteiger partial charge in [0.1, 0.15) is 0 Å². The summed E-state index contributed by atoms with van der Waals surface area (Å²) in [5.41, 5.74) is 3.13. The average molecular weight is 391 g/mol. The number of rotatable bonds is 5. The van der Waals surface area contributed by atoms with Gasteiger partial charge in [-0.3, -0.25) is 4.79 Å². The van der Waals surface area contributed by atoms with E-state index < -0.39 is 0 Å². The van der Waals surface area contributed by atoms with Crippen LogP contribution >= 0.6 is 12.2 Å². The second-order valence-corrected chi connectivity index (χ2v) is 7.97. The molecule has 0 spiro atoms. The molecule has 0 heterocycles. The molecule has 3 aromatic carbocycles. The van der Waals surface area contributed by atoms with Crippen molar-refractivity contribution in [1.29, 1.82) is 0 Å². The summed E-state index contributed by atoms with van der Waals surface area (Å²) in [5.74, 6) is 0.226. The number of benzene rings is 3. The van der Waals surface area contributed by atoms with E-state index in [1.54, 1.807) is 0 Å². The quantitative estimate of drug-likeness (QED) is 0.553. The summed E-state index contributed by atoms with van der Waals surface area (Å²) >= 11 is 5.33. The smallest absolute Gasteiger partial charge is 0.233 e. The van der Waals surface area contributed by atoms with Crippen molar-refractivity contribution in [3.63, 3.8) is 0 Å². The lowest BCUT2D eigenvalue weighted by Crippen LogP contribution is -2.36. The van der Waals surface area contributed by atoms with E-state index in [-0.39, 0.29) is 11.8 Å². The van der Waals surface area contributed by atoms with Crippen LogP contribution in [0.25, 0.3) is 10.8 Å². The fraction of sp³-hybridized carbons (Fsp3) is 0.250. The van der Waals surface area contributed by atoms with Crippen LogP contribution in [-0.4, -0.2) is 11.0 Å². The van der Waals surface area contributed by atoms with Crippen molar-refractivity contribution < 1.29 is 4.79 Å². The Morgan fingerprint density at radius 3 is 2.29 bits per heavy atom. The molecule has 0 saturated heterocycles. The third kappa shape index (κ3) is 5.17. The van der Waals surface area contributed by atoms with Gasteiger partial charge in [-0.15, -0.1) is 0 Å². The second-order valence-electron chi connectivity index (χ2n) is 7.57. The third-order valence-electron chi connectivity index (χ3n) is 4.76. The molecule has 0 radical (unpaired) electrons. The molecule has 2 N–H and O–H groups in total. The van der Waals surface area contributed by atoms with Crippen LogP contribution in [0.3, 0.4) is 0 Å². The van der Waals surface area contributed by atoms with E-state index in [4.69, 9.17) is 12.2 Å². The first-order valence-corrected chi connectivity index (χ1v) is 10.0. The number of hydrogen-bond acceptors (Lipinski definition) is 2. The van der Waals surface area contributed by atoms with Crippen molar-refractivity contribution >= 4 is 39.7 Å². The summed E-state index contributed by atoms with van der Waals surface area (Å²) in [6.07, 6.45) is 1.04. The summed E-state index contributed by atoms with van der Waals surface area (Å²) < 4.78 is 0. The highest BCUT2D eigenvalue weighted by Crippen LogP contribution is 2.20. The van der Waals surface area contributed by atoms with E-state index >= 15 is 0 Å². The third-order valence-corrected chi connectivity index (χ3v) is 4.97. The minimum absolute atomic E-state index is 0.116. The summed E-state index contributed by atoms with van der Waals surface area (Å²) in [6, 6.07) is 22.4. The highest BCUT2D eigenvalue weighted by Gasteiger charge is 2.16. The Morgan fingerprint density at radius 1 is 0.929 bits per heavy atom. The molecule has 3 aromatic rings. The molecule has 1 atom stereocenters. The Hall–Kier alpha value is -2.72. The Bertz CT molecular complexity index is 979. The van der Waals surface area contributed by atoms with E-state index in [0.29, 0.717) is 11.0 Å². The van der Waals surface area contributed by atoms with Crippen LogP contribution in [0.5, 0.6) is 0 Å². The van der Waals surface area contributed by atoms with Gasteiger partial charge >= 0.3 is 0 Å². The van der Waals surface area contributed by atoms with Gasteiger partial charge in [-0.05, 0) is 65.5 Å². The van der Waals surface area contributed by atoms with Gasteiger partial charge in [0, 0.05) is 5.69 Å². The molecule has 0 bridgehead atoms. The van der Waals surface area contributed by atoms with Crippen molar-refractivity contribution in [2.75, 3.05) is 5.32 Å². The van der Waals surface area contributed by atoms with Crippen LogP contribution in [0.1, 0.15) is 37.8 Å². The highest BCUT2D eigenvalue weighted by molar-refractivity contribution is 7.80. The number of nitrogens with one attached hydrogen (secondary N) is 2. The predicted molar refractivity (Wildman–Crippen MR) is 122 cm³/mol. The topological polar surface area (TPSA) is 41.1 Å². The molecule has 3 nitrogen and oxygen atoms in total. The van der Waals surface area contributed by atoms with E-state index in [9.17, 15) is 4.79 Å². The van der Waals surface area contributed by atoms with E-state index in [1.807, 2.05) is 55.5 Å². The molecule has 4 heteroatoms. The fourth-order valence-electron chi connectivity index (χ4n) is 3.21. The van der Waals surface area contributed by atoms with Crippen LogP contribution in [0.15, 0.2) is 66.7 Å². The minimum atomic E-state index is -0.274. The Balaban J connectivity index is 1.60. The number of thiocarbonyl (C=S) groups is 1. The van der Waals surface area contributed by atoms with Gasteiger partial charge in [0.2, 0.25) is 5.91 Å². The molecule has 0 aromatic heterocycles.